The van der Waals surface area contributed by atoms with E-state index in [4.69, 9.17) is 0 Å². The van der Waals surface area contributed by atoms with Crippen LogP contribution in [0.4, 0.5) is 4.39 Å². The van der Waals surface area contributed by atoms with Crippen molar-refractivity contribution in [2.24, 2.45) is 0 Å². The molecular weight excluding hydrogens is 363 g/mol. The Bertz CT molecular complexity index is 902. The molecule has 0 saturated carbocycles. The molecule has 0 aliphatic carbocycles. The summed E-state index contributed by atoms with van der Waals surface area (Å²) in [5.41, 5.74) is 0.765. The van der Waals surface area contributed by atoms with Crippen LogP contribution in [0.3, 0.4) is 0 Å². The summed E-state index contributed by atoms with van der Waals surface area (Å²) in [6.45, 7) is 4.07. The van der Waals surface area contributed by atoms with Crippen LogP contribution >= 0.6 is 0 Å². The maximum atomic E-state index is 13.0. The second kappa shape index (κ2) is 8.77. The predicted molar refractivity (Wildman–Crippen MR) is 101 cm³/mol. The van der Waals surface area contributed by atoms with Crippen LogP contribution in [-0.4, -0.2) is 57.6 Å². The number of carbonyl (C=O) groups is 2. The van der Waals surface area contributed by atoms with Crippen molar-refractivity contribution in [3.8, 4) is 0 Å². The Morgan fingerprint density at radius 3 is 2.29 bits per heavy atom. The summed E-state index contributed by atoms with van der Waals surface area (Å²) >= 11 is 0. The van der Waals surface area contributed by atoms with Gasteiger partial charge < -0.3 is 9.80 Å². The molecule has 0 radical (unpaired) electrons. The van der Waals surface area contributed by atoms with Crippen molar-refractivity contribution in [3.63, 3.8) is 0 Å². The first-order valence-electron chi connectivity index (χ1n) is 9.37. The summed E-state index contributed by atoms with van der Waals surface area (Å²) in [5, 5.41) is 4.16. The maximum absolute atomic E-state index is 13.0. The summed E-state index contributed by atoms with van der Waals surface area (Å²) in [7, 11) is 0. The molecule has 0 unspecified atom stereocenters. The second-order valence-electron chi connectivity index (χ2n) is 6.76. The highest BCUT2D eigenvalue weighted by atomic mass is 19.1. The molecule has 0 atom stereocenters. The van der Waals surface area contributed by atoms with E-state index < -0.39 is 0 Å². The largest absolute Gasteiger partial charge is 0.339 e. The van der Waals surface area contributed by atoms with Crippen molar-refractivity contribution in [1.29, 1.82) is 0 Å². The Morgan fingerprint density at radius 2 is 1.64 bits per heavy atom. The van der Waals surface area contributed by atoms with E-state index in [9.17, 15) is 18.8 Å². The topological polar surface area (TPSA) is 75.5 Å². The summed E-state index contributed by atoms with van der Waals surface area (Å²) in [4.78, 5) is 40.2. The van der Waals surface area contributed by atoms with Gasteiger partial charge in [-0.15, -0.1) is 0 Å². The zero-order chi connectivity index (χ0) is 20.1. The van der Waals surface area contributed by atoms with Crippen LogP contribution in [0.2, 0.25) is 0 Å². The SMILES string of the molecule is CCCn1nc(C(=O)N2CCN(C(=O)Cc3ccc(F)cc3)CC2)ccc1=O. The third-order valence-electron chi connectivity index (χ3n) is 4.71. The maximum Gasteiger partial charge on any atom is 0.274 e. The molecule has 1 saturated heterocycles. The fourth-order valence-electron chi connectivity index (χ4n) is 3.14. The number of piperazine rings is 1. The van der Waals surface area contributed by atoms with Gasteiger partial charge in [-0.05, 0) is 30.2 Å². The first-order valence-corrected chi connectivity index (χ1v) is 9.37. The number of aryl methyl sites for hydroxylation is 1. The minimum Gasteiger partial charge on any atom is -0.339 e. The van der Waals surface area contributed by atoms with Crippen molar-refractivity contribution in [2.75, 3.05) is 26.2 Å². The van der Waals surface area contributed by atoms with Crippen molar-refractivity contribution in [2.45, 2.75) is 26.3 Å². The van der Waals surface area contributed by atoms with Gasteiger partial charge in [-0.2, -0.15) is 5.10 Å². The fraction of sp³-hybridized carbons (Fsp3) is 0.400. The minimum absolute atomic E-state index is 0.0478. The number of hydrogen-bond donors (Lipinski definition) is 0. The quantitative estimate of drug-likeness (QED) is 0.777. The zero-order valence-electron chi connectivity index (χ0n) is 15.8. The van der Waals surface area contributed by atoms with E-state index >= 15 is 0 Å². The van der Waals surface area contributed by atoms with Gasteiger partial charge >= 0.3 is 0 Å². The molecule has 148 valence electrons. The van der Waals surface area contributed by atoms with Crippen LogP contribution in [0, 0.1) is 5.82 Å². The van der Waals surface area contributed by atoms with E-state index in [-0.39, 0.29) is 35.3 Å². The molecule has 7 nitrogen and oxygen atoms in total. The Kier molecular flexibility index (Phi) is 6.18. The molecule has 2 amide bonds. The Balaban J connectivity index is 1.58. The summed E-state index contributed by atoms with van der Waals surface area (Å²) in [5.74, 6) is -0.619. The fourth-order valence-corrected chi connectivity index (χ4v) is 3.14. The molecule has 8 heteroatoms. The molecule has 3 rings (SSSR count). The first kappa shape index (κ1) is 19.7. The molecule has 0 bridgehead atoms. The van der Waals surface area contributed by atoms with E-state index in [0.717, 1.165) is 12.0 Å². The van der Waals surface area contributed by atoms with E-state index in [1.807, 2.05) is 6.92 Å². The number of hydrogen-bond acceptors (Lipinski definition) is 4. The van der Waals surface area contributed by atoms with Crippen LogP contribution in [0.15, 0.2) is 41.2 Å². The number of carbonyl (C=O) groups excluding carboxylic acids is 2. The summed E-state index contributed by atoms with van der Waals surface area (Å²) in [6, 6.07) is 8.68. The minimum atomic E-state index is -0.331. The number of amides is 2. The molecule has 28 heavy (non-hydrogen) atoms. The first-order chi connectivity index (χ1) is 13.5. The van der Waals surface area contributed by atoms with Gasteiger partial charge in [-0.25, -0.2) is 9.07 Å². The molecule has 0 N–H and O–H groups in total. The van der Waals surface area contributed by atoms with E-state index in [1.54, 1.807) is 21.9 Å². The van der Waals surface area contributed by atoms with Crippen LogP contribution in [0.1, 0.15) is 29.4 Å². The van der Waals surface area contributed by atoms with Crippen LogP contribution in [0.25, 0.3) is 0 Å². The van der Waals surface area contributed by atoms with E-state index in [0.29, 0.717) is 32.7 Å². The van der Waals surface area contributed by atoms with Crippen molar-refractivity contribution in [3.05, 3.63) is 63.8 Å². The summed E-state index contributed by atoms with van der Waals surface area (Å²) < 4.78 is 14.3. The van der Waals surface area contributed by atoms with Gasteiger partial charge in [0, 0.05) is 38.8 Å². The lowest BCUT2D eigenvalue weighted by atomic mass is 10.1. The van der Waals surface area contributed by atoms with E-state index in [2.05, 4.69) is 5.10 Å². The Morgan fingerprint density at radius 1 is 1.00 bits per heavy atom. The van der Waals surface area contributed by atoms with Gasteiger partial charge in [0.2, 0.25) is 5.91 Å². The van der Waals surface area contributed by atoms with Crippen molar-refractivity contribution >= 4 is 11.8 Å². The average molecular weight is 386 g/mol. The van der Waals surface area contributed by atoms with Crippen LogP contribution in [0.5, 0.6) is 0 Å². The number of rotatable bonds is 5. The molecular formula is C20H23FN4O3. The number of nitrogens with zero attached hydrogens (tertiary/aromatic N) is 4. The van der Waals surface area contributed by atoms with Gasteiger partial charge in [-0.3, -0.25) is 14.4 Å². The Labute approximate surface area is 162 Å². The average Bonchev–Trinajstić information content (AvgIpc) is 2.71. The highest BCUT2D eigenvalue weighted by Gasteiger charge is 2.25. The molecule has 1 aromatic heterocycles. The highest BCUT2D eigenvalue weighted by Crippen LogP contribution is 2.10. The van der Waals surface area contributed by atoms with Crippen molar-refractivity contribution < 1.29 is 14.0 Å². The standard InChI is InChI=1S/C20H23FN4O3/c1-2-9-25-18(26)8-7-17(22-25)20(28)24-12-10-23(11-13-24)19(27)14-15-3-5-16(21)6-4-15/h3-8H,2,9-14H2,1H3. The highest BCUT2D eigenvalue weighted by molar-refractivity contribution is 5.92. The molecule has 1 aliphatic heterocycles. The Hall–Kier alpha value is -3.03. The molecule has 0 spiro atoms. The third kappa shape index (κ3) is 4.62. The third-order valence-corrected chi connectivity index (χ3v) is 4.71. The molecule has 1 fully saturated rings. The molecule has 1 aliphatic rings. The van der Waals surface area contributed by atoms with E-state index in [1.165, 1.54) is 28.9 Å². The zero-order valence-corrected chi connectivity index (χ0v) is 15.8. The lowest BCUT2D eigenvalue weighted by molar-refractivity contribution is -0.131. The number of benzene rings is 1. The normalized spacial score (nSPS) is 14.2. The van der Waals surface area contributed by atoms with Gasteiger partial charge in [-0.1, -0.05) is 19.1 Å². The second-order valence-corrected chi connectivity index (χ2v) is 6.76. The van der Waals surface area contributed by atoms with Gasteiger partial charge in [0.1, 0.15) is 11.5 Å². The smallest absolute Gasteiger partial charge is 0.274 e. The van der Waals surface area contributed by atoms with Gasteiger partial charge in [0.15, 0.2) is 0 Å². The summed E-state index contributed by atoms with van der Waals surface area (Å²) in [6.07, 6.45) is 0.956. The van der Waals surface area contributed by atoms with Gasteiger partial charge in [0.25, 0.3) is 11.5 Å². The lowest BCUT2D eigenvalue weighted by Gasteiger charge is -2.34. The number of halogens is 1. The van der Waals surface area contributed by atoms with Crippen LogP contribution < -0.4 is 5.56 Å². The van der Waals surface area contributed by atoms with Crippen molar-refractivity contribution in [1.82, 2.24) is 19.6 Å². The monoisotopic (exact) mass is 386 g/mol. The van der Waals surface area contributed by atoms with Gasteiger partial charge in [0.05, 0.1) is 6.42 Å². The van der Waals surface area contributed by atoms with Crippen LogP contribution in [-0.2, 0) is 17.8 Å². The lowest BCUT2D eigenvalue weighted by Crippen LogP contribution is -2.51. The predicted octanol–water partition coefficient (Wildman–Crippen LogP) is 1.32. The molecule has 1 aromatic carbocycles. The number of aromatic nitrogens is 2. The molecule has 2 heterocycles. The molecule has 2 aromatic rings.